The summed E-state index contributed by atoms with van der Waals surface area (Å²) in [5.41, 5.74) is 3.90. The minimum absolute atomic E-state index is 0.0179. The van der Waals surface area contributed by atoms with Gasteiger partial charge in [0.05, 0.1) is 17.6 Å². The third-order valence-corrected chi connectivity index (χ3v) is 3.44. The molecule has 0 radical (unpaired) electrons. The monoisotopic (exact) mass is 320 g/mol. The average Bonchev–Trinajstić information content (AvgIpc) is 2.78. The van der Waals surface area contributed by atoms with Crippen LogP contribution in [0.5, 0.6) is 0 Å². The summed E-state index contributed by atoms with van der Waals surface area (Å²) in [7, 11) is 1.09. The lowest BCUT2D eigenvalue weighted by Gasteiger charge is -2.09. The molecule has 1 aromatic carbocycles. The predicted octanol–water partition coefficient (Wildman–Crippen LogP) is 3.34. The SMILES string of the molecule is COC(=O)c1nc(N)sc1-c1cc(F)cc(C(F)(F)F)c1. The number of anilines is 1. The highest BCUT2D eigenvalue weighted by atomic mass is 32.1. The summed E-state index contributed by atoms with van der Waals surface area (Å²) in [5, 5.41) is -0.0387. The van der Waals surface area contributed by atoms with Crippen molar-refractivity contribution in [1.82, 2.24) is 4.98 Å². The van der Waals surface area contributed by atoms with Gasteiger partial charge in [-0.3, -0.25) is 0 Å². The number of aromatic nitrogens is 1. The summed E-state index contributed by atoms with van der Waals surface area (Å²) in [4.78, 5) is 15.3. The van der Waals surface area contributed by atoms with E-state index in [0.29, 0.717) is 6.07 Å². The number of rotatable bonds is 2. The van der Waals surface area contributed by atoms with E-state index in [4.69, 9.17) is 5.73 Å². The molecular weight excluding hydrogens is 312 g/mol. The molecule has 0 atom stereocenters. The van der Waals surface area contributed by atoms with Gasteiger partial charge in [-0.2, -0.15) is 13.2 Å². The van der Waals surface area contributed by atoms with Gasteiger partial charge in [0.25, 0.3) is 0 Å². The van der Waals surface area contributed by atoms with Crippen molar-refractivity contribution < 1.29 is 27.1 Å². The topological polar surface area (TPSA) is 65.2 Å². The molecule has 0 saturated carbocycles. The smallest absolute Gasteiger partial charge is 0.416 e. The Morgan fingerprint density at radius 2 is 2.00 bits per heavy atom. The summed E-state index contributed by atoms with van der Waals surface area (Å²) < 4.78 is 56.0. The molecule has 0 fully saturated rings. The highest BCUT2D eigenvalue weighted by molar-refractivity contribution is 7.19. The zero-order valence-corrected chi connectivity index (χ0v) is 11.3. The van der Waals surface area contributed by atoms with Crippen molar-refractivity contribution in [2.45, 2.75) is 6.18 Å². The first-order chi connectivity index (χ1) is 9.72. The molecule has 2 N–H and O–H groups in total. The number of thiazole rings is 1. The number of nitrogens with zero attached hydrogens (tertiary/aromatic N) is 1. The van der Waals surface area contributed by atoms with Crippen LogP contribution in [0, 0.1) is 5.82 Å². The van der Waals surface area contributed by atoms with Crippen molar-refractivity contribution in [3.05, 3.63) is 35.3 Å². The summed E-state index contributed by atoms with van der Waals surface area (Å²) in [5.74, 6) is -1.95. The number of benzene rings is 1. The third-order valence-electron chi connectivity index (χ3n) is 2.51. The molecule has 112 valence electrons. The molecule has 0 aliphatic rings. The average molecular weight is 320 g/mol. The highest BCUT2D eigenvalue weighted by Crippen LogP contribution is 2.37. The van der Waals surface area contributed by atoms with E-state index in [2.05, 4.69) is 9.72 Å². The van der Waals surface area contributed by atoms with Gasteiger partial charge in [-0.1, -0.05) is 11.3 Å². The lowest BCUT2D eigenvalue weighted by molar-refractivity contribution is -0.137. The number of halogens is 4. The van der Waals surface area contributed by atoms with E-state index >= 15 is 0 Å². The summed E-state index contributed by atoms with van der Waals surface area (Å²) in [6.07, 6.45) is -4.71. The Kier molecular flexibility index (Phi) is 3.86. The van der Waals surface area contributed by atoms with E-state index in [0.717, 1.165) is 30.6 Å². The maximum Gasteiger partial charge on any atom is 0.416 e. The number of carbonyl (C=O) groups is 1. The van der Waals surface area contributed by atoms with Gasteiger partial charge in [-0.15, -0.1) is 0 Å². The fourth-order valence-electron chi connectivity index (χ4n) is 1.65. The lowest BCUT2D eigenvalue weighted by Crippen LogP contribution is -2.07. The van der Waals surface area contributed by atoms with Gasteiger partial charge in [-0.05, 0) is 23.8 Å². The van der Waals surface area contributed by atoms with Crippen LogP contribution in [0.2, 0.25) is 0 Å². The molecular formula is C12H8F4N2O2S. The van der Waals surface area contributed by atoms with Crippen molar-refractivity contribution in [3.63, 3.8) is 0 Å². The van der Waals surface area contributed by atoms with Crippen LogP contribution in [0.1, 0.15) is 16.1 Å². The minimum Gasteiger partial charge on any atom is -0.464 e. The molecule has 0 saturated heterocycles. The zero-order valence-electron chi connectivity index (χ0n) is 10.5. The molecule has 2 rings (SSSR count). The highest BCUT2D eigenvalue weighted by Gasteiger charge is 2.32. The van der Waals surface area contributed by atoms with Crippen LogP contribution in [-0.2, 0) is 10.9 Å². The first-order valence-electron chi connectivity index (χ1n) is 5.45. The molecule has 0 unspecified atom stereocenters. The zero-order chi connectivity index (χ0) is 15.8. The Hall–Kier alpha value is -2.16. The van der Waals surface area contributed by atoms with E-state index in [1.807, 2.05) is 0 Å². The lowest BCUT2D eigenvalue weighted by atomic mass is 10.1. The Bertz CT molecular complexity index is 697. The number of hydrogen-bond donors (Lipinski definition) is 1. The van der Waals surface area contributed by atoms with E-state index in [1.54, 1.807) is 0 Å². The molecule has 0 aliphatic carbocycles. The van der Waals surface area contributed by atoms with Gasteiger partial charge in [0, 0.05) is 0 Å². The number of alkyl halides is 3. The second-order valence-corrected chi connectivity index (χ2v) is 4.98. The van der Waals surface area contributed by atoms with Gasteiger partial charge in [-0.25, -0.2) is 14.2 Å². The molecule has 4 nitrogen and oxygen atoms in total. The Balaban J connectivity index is 2.62. The number of nitrogens with two attached hydrogens (primary N) is 1. The second-order valence-electron chi connectivity index (χ2n) is 3.95. The van der Waals surface area contributed by atoms with Gasteiger partial charge in [0.1, 0.15) is 5.82 Å². The summed E-state index contributed by atoms with van der Waals surface area (Å²) in [6, 6.07) is 1.96. The fourth-order valence-corrected chi connectivity index (χ4v) is 2.46. The van der Waals surface area contributed by atoms with Crippen LogP contribution in [0.3, 0.4) is 0 Å². The first-order valence-corrected chi connectivity index (χ1v) is 6.27. The van der Waals surface area contributed by atoms with E-state index in [-0.39, 0.29) is 21.3 Å². The number of esters is 1. The van der Waals surface area contributed by atoms with Crippen molar-refractivity contribution in [2.24, 2.45) is 0 Å². The molecule has 1 heterocycles. The number of hydrogen-bond acceptors (Lipinski definition) is 5. The molecule has 0 amide bonds. The molecule has 21 heavy (non-hydrogen) atoms. The Morgan fingerprint density at radius 3 is 2.57 bits per heavy atom. The number of methoxy groups -OCH3 is 1. The van der Waals surface area contributed by atoms with Crippen molar-refractivity contribution >= 4 is 22.4 Å². The van der Waals surface area contributed by atoms with Crippen LogP contribution in [0.15, 0.2) is 18.2 Å². The largest absolute Gasteiger partial charge is 0.464 e. The van der Waals surface area contributed by atoms with E-state index in [9.17, 15) is 22.4 Å². The Labute approximate surface area is 120 Å². The van der Waals surface area contributed by atoms with Gasteiger partial charge in [0.15, 0.2) is 10.8 Å². The van der Waals surface area contributed by atoms with Crippen molar-refractivity contribution in [3.8, 4) is 10.4 Å². The maximum absolute atomic E-state index is 13.4. The van der Waals surface area contributed by atoms with Gasteiger partial charge >= 0.3 is 12.1 Å². The molecule has 0 spiro atoms. The minimum atomic E-state index is -4.71. The normalized spacial score (nSPS) is 11.5. The number of ether oxygens (including phenoxy) is 1. The molecule has 0 aliphatic heterocycles. The van der Waals surface area contributed by atoms with Crippen LogP contribution in [0.4, 0.5) is 22.7 Å². The molecule has 2 aromatic rings. The van der Waals surface area contributed by atoms with Crippen molar-refractivity contribution in [2.75, 3.05) is 12.8 Å². The van der Waals surface area contributed by atoms with Crippen LogP contribution >= 0.6 is 11.3 Å². The van der Waals surface area contributed by atoms with Gasteiger partial charge in [0.2, 0.25) is 0 Å². The second kappa shape index (κ2) is 5.32. The third kappa shape index (κ3) is 3.13. The van der Waals surface area contributed by atoms with Gasteiger partial charge < -0.3 is 10.5 Å². The maximum atomic E-state index is 13.4. The van der Waals surface area contributed by atoms with Crippen LogP contribution in [-0.4, -0.2) is 18.1 Å². The first kappa shape index (κ1) is 15.2. The molecule has 9 heteroatoms. The molecule has 1 aromatic heterocycles. The predicted molar refractivity (Wildman–Crippen MR) is 68.3 cm³/mol. The van der Waals surface area contributed by atoms with Crippen LogP contribution in [0.25, 0.3) is 10.4 Å². The Morgan fingerprint density at radius 1 is 1.33 bits per heavy atom. The molecule has 0 bridgehead atoms. The van der Waals surface area contributed by atoms with E-state index in [1.165, 1.54) is 0 Å². The number of nitrogen functional groups attached to an aromatic ring is 1. The standard InChI is InChI=1S/C12H8F4N2O2S/c1-20-10(19)8-9(21-11(17)18-8)5-2-6(12(14,15)16)4-7(13)3-5/h2-4H,1H3,(H2,17,18). The summed E-state index contributed by atoms with van der Waals surface area (Å²) in [6.45, 7) is 0. The quantitative estimate of drug-likeness (QED) is 0.681. The van der Waals surface area contributed by atoms with Crippen molar-refractivity contribution in [1.29, 1.82) is 0 Å². The van der Waals surface area contributed by atoms with E-state index < -0.39 is 23.5 Å². The number of carbonyl (C=O) groups excluding carboxylic acids is 1. The van der Waals surface area contributed by atoms with Crippen LogP contribution < -0.4 is 5.73 Å². The summed E-state index contributed by atoms with van der Waals surface area (Å²) >= 11 is 0.771. The fraction of sp³-hybridized carbons (Fsp3) is 0.167.